The first-order valence-electron chi connectivity index (χ1n) is 7.71. The third kappa shape index (κ3) is 3.20. The molecule has 0 bridgehead atoms. The Kier molecular flexibility index (Phi) is 5.09. The molecular formula is C17H21F3O4. The highest BCUT2D eigenvalue weighted by atomic mass is 19.4. The molecule has 0 aromatic heterocycles. The molecule has 1 saturated heterocycles. The molecule has 0 saturated carbocycles. The van der Waals surface area contributed by atoms with E-state index >= 15 is 0 Å². The molecule has 7 heteroatoms. The quantitative estimate of drug-likeness (QED) is 0.432. The van der Waals surface area contributed by atoms with E-state index in [1.54, 1.807) is 19.9 Å². The normalized spacial score (nSPS) is 28.1. The number of carbonyl (C=O) groups is 1. The first kappa shape index (κ1) is 18.9. The van der Waals surface area contributed by atoms with Crippen LogP contribution in [-0.2, 0) is 25.1 Å². The molecule has 2 atom stereocenters. The maximum absolute atomic E-state index is 13.8. The van der Waals surface area contributed by atoms with Crippen molar-refractivity contribution in [1.29, 1.82) is 0 Å². The van der Waals surface area contributed by atoms with Gasteiger partial charge in [-0.1, -0.05) is 44.2 Å². The Morgan fingerprint density at radius 3 is 2.29 bits per heavy atom. The lowest BCUT2D eigenvalue weighted by molar-refractivity contribution is -0.422. The van der Waals surface area contributed by atoms with Crippen molar-refractivity contribution < 1.29 is 32.5 Å². The van der Waals surface area contributed by atoms with Crippen LogP contribution < -0.4 is 0 Å². The molecular weight excluding hydrogens is 325 g/mol. The van der Waals surface area contributed by atoms with Gasteiger partial charge in [0.2, 0.25) is 5.79 Å². The van der Waals surface area contributed by atoms with Crippen molar-refractivity contribution in [2.75, 3.05) is 0 Å². The van der Waals surface area contributed by atoms with E-state index in [4.69, 9.17) is 14.5 Å². The average molecular weight is 346 g/mol. The van der Waals surface area contributed by atoms with E-state index in [1.165, 1.54) is 31.2 Å². The molecule has 1 aliphatic rings. The summed E-state index contributed by atoms with van der Waals surface area (Å²) >= 11 is 0. The largest absolute Gasteiger partial charge is 0.451 e. The second-order valence-electron chi connectivity index (χ2n) is 6.64. The summed E-state index contributed by atoms with van der Waals surface area (Å²) < 4.78 is 46.7. The van der Waals surface area contributed by atoms with Crippen LogP contribution in [0.5, 0.6) is 0 Å². The molecule has 1 aromatic carbocycles. The average Bonchev–Trinajstić information content (AvgIpc) is 2.89. The summed E-state index contributed by atoms with van der Waals surface area (Å²) in [6.07, 6.45) is -2.78. The van der Waals surface area contributed by atoms with Crippen LogP contribution in [0, 0.1) is 5.41 Å². The van der Waals surface area contributed by atoms with Gasteiger partial charge >= 0.3 is 12.0 Å². The van der Waals surface area contributed by atoms with Crippen LogP contribution in [0.15, 0.2) is 30.3 Å². The topological polar surface area (TPSA) is 44.8 Å². The number of halogens is 3. The highest BCUT2D eigenvalue weighted by molar-refractivity contribution is 5.48. The fourth-order valence-corrected chi connectivity index (χ4v) is 2.59. The van der Waals surface area contributed by atoms with Gasteiger partial charge in [0.1, 0.15) is 6.29 Å². The smallest absolute Gasteiger partial charge is 0.303 e. The standard InChI is InChI=1S/C17H21F3O4/c1-14(2,11-7-8-12-21)15(3)22-16(24-23-15,17(18,19)20)13-9-5-4-6-10-13/h4-6,9-10,12H,7-8,11H2,1-3H3. The van der Waals surface area contributed by atoms with Crippen molar-refractivity contribution in [2.45, 2.75) is 57.8 Å². The summed E-state index contributed by atoms with van der Waals surface area (Å²) in [6, 6.07) is 7.11. The van der Waals surface area contributed by atoms with Crippen molar-refractivity contribution in [3.05, 3.63) is 35.9 Å². The van der Waals surface area contributed by atoms with E-state index in [1.807, 2.05) is 0 Å². The molecule has 0 amide bonds. The molecule has 24 heavy (non-hydrogen) atoms. The predicted octanol–water partition coefficient (Wildman–Crippen LogP) is 4.49. The molecule has 1 aliphatic heterocycles. The Morgan fingerprint density at radius 1 is 1.12 bits per heavy atom. The minimum Gasteiger partial charge on any atom is -0.303 e. The van der Waals surface area contributed by atoms with E-state index in [0.29, 0.717) is 19.3 Å². The highest BCUT2D eigenvalue weighted by Crippen LogP contribution is 2.55. The maximum atomic E-state index is 13.8. The maximum Gasteiger partial charge on any atom is 0.451 e. The van der Waals surface area contributed by atoms with Crippen LogP contribution in [0.2, 0.25) is 0 Å². The Labute approximate surface area is 138 Å². The zero-order chi connectivity index (χ0) is 18.1. The lowest BCUT2D eigenvalue weighted by Gasteiger charge is -2.39. The number of hydrogen-bond donors (Lipinski definition) is 0. The Morgan fingerprint density at radius 2 is 1.75 bits per heavy atom. The molecule has 0 spiro atoms. The van der Waals surface area contributed by atoms with E-state index in [0.717, 1.165) is 6.29 Å². The number of ether oxygens (including phenoxy) is 1. The molecule has 1 heterocycles. The number of hydrogen-bond acceptors (Lipinski definition) is 4. The van der Waals surface area contributed by atoms with Gasteiger partial charge in [0, 0.05) is 17.4 Å². The molecule has 1 aromatic rings. The van der Waals surface area contributed by atoms with Crippen molar-refractivity contribution >= 4 is 6.29 Å². The van der Waals surface area contributed by atoms with Gasteiger partial charge in [-0.15, -0.1) is 0 Å². The first-order chi connectivity index (χ1) is 11.1. The summed E-state index contributed by atoms with van der Waals surface area (Å²) in [4.78, 5) is 20.4. The second kappa shape index (κ2) is 6.46. The van der Waals surface area contributed by atoms with Gasteiger partial charge < -0.3 is 9.53 Å². The van der Waals surface area contributed by atoms with Crippen molar-refractivity contribution in [3.63, 3.8) is 0 Å². The summed E-state index contributed by atoms with van der Waals surface area (Å²) in [7, 11) is 0. The number of alkyl halides is 3. The van der Waals surface area contributed by atoms with Crippen LogP contribution in [0.1, 0.15) is 45.6 Å². The fraction of sp³-hybridized carbons (Fsp3) is 0.588. The van der Waals surface area contributed by atoms with Gasteiger partial charge in [-0.2, -0.15) is 22.9 Å². The zero-order valence-corrected chi connectivity index (χ0v) is 13.9. The summed E-state index contributed by atoms with van der Waals surface area (Å²) in [5.74, 6) is -4.60. The zero-order valence-electron chi connectivity index (χ0n) is 13.9. The summed E-state index contributed by atoms with van der Waals surface area (Å²) in [5, 5.41) is 0. The molecule has 1 fully saturated rings. The summed E-state index contributed by atoms with van der Waals surface area (Å²) in [5.41, 5.74) is -0.998. The van der Waals surface area contributed by atoms with Crippen molar-refractivity contribution in [3.8, 4) is 0 Å². The number of unbranched alkanes of at least 4 members (excludes halogenated alkanes) is 1. The van der Waals surface area contributed by atoms with Gasteiger partial charge in [-0.3, -0.25) is 0 Å². The third-order valence-electron chi connectivity index (χ3n) is 4.54. The monoisotopic (exact) mass is 346 g/mol. The van der Waals surface area contributed by atoms with Crippen LogP contribution in [0.25, 0.3) is 0 Å². The number of carbonyl (C=O) groups excluding carboxylic acids is 1. The second-order valence-corrected chi connectivity index (χ2v) is 6.64. The van der Waals surface area contributed by atoms with Gasteiger partial charge in [-0.25, -0.2) is 0 Å². The molecule has 2 rings (SSSR count). The van der Waals surface area contributed by atoms with Crippen LogP contribution in [-0.4, -0.2) is 18.2 Å². The van der Waals surface area contributed by atoms with Gasteiger partial charge in [0.05, 0.1) is 0 Å². The number of rotatable bonds is 6. The third-order valence-corrected chi connectivity index (χ3v) is 4.54. The Balaban J connectivity index is 2.34. The molecule has 0 aliphatic carbocycles. The number of aldehydes is 1. The van der Waals surface area contributed by atoms with E-state index in [9.17, 15) is 18.0 Å². The van der Waals surface area contributed by atoms with Gasteiger partial charge in [0.15, 0.2) is 0 Å². The molecule has 4 nitrogen and oxygen atoms in total. The van der Waals surface area contributed by atoms with Crippen molar-refractivity contribution in [1.82, 2.24) is 0 Å². The fourth-order valence-electron chi connectivity index (χ4n) is 2.59. The minimum absolute atomic E-state index is 0.190. The minimum atomic E-state index is -4.83. The van der Waals surface area contributed by atoms with E-state index in [2.05, 4.69) is 0 Å². The lowest BCUT2D eigenvalue weighted by atomic mass is 9.79. The SMILES string of the molecule is CC(C)(CCCC=O)C1(C)OOC(c2ccccc2)(C(F)(F)F)O1. The van der Waals surface area contributed by atoms with Gasteiger partial charge in [-0.05, 0) is 19.8 Å². The molecule has 2 unspecified atom stereocenters. The first-order valence-corrected chi connectivity index (χ1v) is 7.71. The lowest BCUT2D eigenvalue weighted by Crippen LogP contribution is -2.49. The van der Waals surface area contributed by atoms with Crippen LogP contribution in [0.3, 0.4) is 0 Å². The highest BCUT2D eigenvalue weighted by Gasteiger charge is 2.70. The van der Waals surface area contributed by atoms with Crippen LogP contribution in [0.4, 0.5) is 13.2 Å². The molecule has 134 valence electrons. The van der Waals surface area contributed by atoms with Crippen LogP contribution >= 0.6 is 0 Å². The van der Waals surface area contributed by atoms with Gasteiger partial charge in [0.25, 0.3) is 0 Å². The Bertz CT molecular complexity index is 573. The van der Waals surface area contributed by atoms with E-state index in [-0.39, 0.29) is 5.56 Å². The van der Waals surface area contributed by atoms with Crippen molar-refractivity contribution in [2.24, 2.45) is 5.41 Å². The number of benzene rings is 1. The molecule has 0 N–H and O–H groups in total. The summed E-state index contributed by atoms with van der Waals surface area (Å²) in [6.45, 7) is 4.86. The molecule has 0 radical (unpaired) electrons. The van der Waals surface area contributed by atoms with E-state index < -0.39 is 23.2 Å². The predicted molar refractivity (Wildman–Crippen MR) is 79.5 cm³/mol. The Hall–Kier alpha value is -1.44.